The number of phenolic OH excluding ortho intramolecular Hbond substituents is 1. The molecule has 0 fully saturated rings. The molecule has 0 unspecified atom stereocenters. The van der Waals surface area contributed by atoms with E-state index in [2.05, 4.69) is 27.4 Å². The van der Waals surface area contributed by atoms with Gasteiger partial charge in [-0.05, 0) is 36.1 Å². The number of aromatic nitrogens is 2. The SMILES string of the molecule is CC.N#Cc1cc(C(=N)c2c(N)ncnc2NC2Cc3ccccc3C2)cc(O)c1Cl. The zero-order valence-corrected chi connectivity index (χ0v) is 18.0. The number of aromatic hydroxyl groups is 1. The molecule has 1 heterocycles. The van der Waals surface area contributed by atoms with Gasteiger partial charge in [0.1, 0.15) is 34.8 Å². The van der Waals surface area contributed by atoms with Gasteiger partial charge in [0.2, 0.25) is 0 Å². The van der Waals surface area contributed by atoms with Crippen molar-refractivity contribution in [1.82, 2.24) is 9.97 Å². The maximum absolute atomic E-state index is 10.0. The van der Waals surface area contributed by atoms with Crippen molar-refractivity contribution in [3.05, 3.63) is 75.6 Å². The van der Waals surface area contributed by atoms with E-state index in [4.69, 9.17) is 22.7 Å². The van der Waals surface area contributed by atoms with Gasteiger partial charge in [-0.15, -0.1) is 0 Å². The van der Waals surface area contributed by atoms with Crippen LogP contribution in [0.25, 0.3) is 0 Å². The van der Waals surface area contributed by atoms with Crippen LogP contribution in [0.1, 0.15) is 41.7 Å². The Labute approximate surface area is 186 Å². The van der Waals surface area contributed by atoms with Gasteiger partial charge < -0.3 is 16.2 Å². The van der Waals surface area contributed by atoms with Crippen LogP contribution in [0, 0.1) is 16.7 Å². The second-order valence-corrected chi connectivity index (χ2v) is 7.22. The van der Waals surface area contributed by atoms with Gasteiger partial charge in [0.15, 0.2) is 0 Å². The minimum Gasteiger partial charge on any atom is -0.506 e. The van der Waals surface area contributed by atoms with E-state index in [1.807, 2.05) is 32.0 Å². The second-order valence-electron chi connectivity index (χ2n) is 6.84. The molecule has 31 heavy (non-hydrogen) atoms. The van der Waals surface area contributed by atoms with E-state index in [1.54, 1.807) is 0 Å². The molecule has 1 aliphatic carbocycles. The predicted molar refractivity (Wildman–Crippen MR) is 123 cm³/mol. The van der Waals surface area contributed by atoms with Gasteiger partial charge >= 0.3 is 0 Å². The maximum Gasteiger partial charge on any atom is 0.141 e. The summed E-state index contributed by atoms with van der Waals surface area (Å²) in [6.07, 6.45) is 3.02. The second kappa shape index (κ2) is 9.45. The standard InChI is InChI=1S/C21H17ClN6O.C2H6/c22-18-14(9-23)5-13(8-16(18)29)19(24)17-20(25)26-10-27-21(17)28-15-6-11-3-1-2-4-12(11)7-15;1-2/h1-5,8,10,15,24,29H,6-7H2,(H3,25,26,27,28);1-2H3. The molecule has 3 aromatic rings. The normalized spacial score (nSPS) is 12.3. The number of nitrogens with one attached hydrogen (secondary N) is 2. The van der Waals surface area contributed by atoms with Crippen molar-refractivity contribution in [2.75, 3.05) is 11.1 Å². The lowest BCUT2D eigenvalue weighted by Crippen LogP contribution is -2.23. The summed E-state index contributed by atoms with van der Waals surface area (Å²) in [6.45, 7) is 4.00. The van der Waals surface area contributed by atoms with E-state index in [1.165, 1.54) is 29.6 Å². The van der Waals surface area contributed by atoms with Gasteiger partial charge in [-0.1, -0.05) is 49.7 Å². The number of hydrogen-bond acceptors (Lipinski definition) is 7. The van der Waals surface area contributed by atoms with E-state index >= 15 is 0 Å². The van der Waals surface area contributed by atoms with Crippen LogP contribution in [0.3, 0.4) is 0 Å². The Hall–Kier alpha value is -3.63. The smallest absolute Gasteiger partial charge is 0.141 e. The van der Waals surface area contributed by atoms with Gasteiger partial charge in [-0.2, -0.15) is 5.26 Å². The van der Waals surface area contributed by atoms with E-state index in [-0.39, 0.29) is 33.9 Å². The largest absolute Gasteiger partial charge is 0.506 e. The van der Waals surface area contributed by atoms with Crippen molar-refractivity contribution in [1.29, 1.82) is 10.7 Å². The summed E-state index contributed by atoms with van der Waals surface area (Å²) < 4.78 is 0. The number of nitrogens with two attached hydrogens (primary N) is 1. The predicted octanol–water partition coefficient (Wildman–Crippen LogP) is 4.31. The third-order valence-electron chi connectivity index (χ3n) is 4.98. The highest BCUT2D eigenvalue weighted by Gasteiger charge is 2.24. The molecule has 0 bridgehead atoms. The molecule has 5 N–H and O–H groups in total. The average molecular weight is 435 g/mol. The number of nitriles is 1. The molecule has 7 nitrogen and oxygen atoms in total. The van der Waals surface area contributed by atoms with Gasteiger partial charge in [0.05, 0.1) is 16.8 Å². The molecule has 4 rings (SSSR count). The number of anilines is 2. The Kier molecular flexibility index (Phi) is 6.73. The number of nitrogens with zero attached hydrogens (tertiary/aromatic N) is 3. The highest BCUT2D eigenvalue weighted by atomic mass is 35.5. The Morgan fingerprint density at radius 1 is 1.23 bits per heavy atom. The van der Waals surface area contributed by atoms with Crippen molar-refractivity contribution < 1.29 is 5.11 Å². The zero-order chi connectivity index (χ0) is 22.5. The molecule has 1 aliphatic rings. The van der Waals surface area contributed by atoms with Crippen LogP contribution in [-0.2, 0) is 12.8 Å². The Bertz CT molecular complexity index is 1150. The Morgan fingerprint density at radius 2 is 1.87 bits per heavy atom. The van der Waals surface area contributed by atoms with Crippen molar-refractivity contribution in [2.24, 2.45) is 0 Å². The molecule has 0 aliphatic heterocycles. The fraction of sp³-hybridized carbons (Fsp3) is 0.217. The van der Waals surface area contributed by atoms with Gasteiger partial charge in [0, 0.05) is 11.6 Å². The summed E-state index contributed by atoms with van der Waals surface area (Å²) in [5, 5.41) is 31.2. The molecule has 158 valence electrons. The summed E-state index contributed by atoms with van der Waals surface area (Å²) in [5.74, 6) is 0.297. The fourth-order valence-electron chi connectivity index (χ4n) is 3.59. The lowest BCUT2D eigenvalue weighted by molar-refractivity contribution is 0.475. The van der Waals surface area contributed by atoms with Crippen LogP contribution >= 0.6 is 11.6 Å². The molecule has 0 spiro atoms. The third-order valence-corrected chi connectivity index (χ3v) is 5.38. The fourth-order valence-corrected chi connectivity index (χ4v) is 3.74. The maximum atomic E-state index is 10.0. The first kappa shape index (κ1) is 22.1. The summed E-state index contributed by atoms with van der Waals surface area (Å²) >= 11 is 5.93. The van der Waals surface area contributed by atoms with Gasteiger partial charge in [0.25, 0.3) is 0 Å². The van der Waals surface area contributed by atoms with Gasteiger partial charge in [-0.3, -0.25) is 5.41 Å². The van der Waals surface area contributed by atoms with Crippen molar-refractivity contribution in [2.45, 2.75) is 32.7 Å². The molecule has 0 atom stereocenters. The van der Waals surface area contributed by atoms with E-state index in [0.29, 0.717) is 16.9 Å². The van der Waals surface area contributed by atoms with Crippen molar-refractivity contribution in [3.8, 4) is 11.8 Å². The third kappa shape index (κ3) is 4.44. The summed E-state index contributed by atoms with van der Waals surface area (Å²) in [5.41, 5.74) is 9.31. The number of rotatable bonds is 4. The van der Waals surface area contributed by atoms with Crippen LogP contribution in [0.2, 0.25) is 5.02 Å². The lowest BCUT2D eigenvalue weighted by Gasteiger charge is -2.18. The summed E-state index contributed by atoms with van der Waals surface area (Å²) in [6, 6.07) is 13.0. The summed E-state index contributed by atoms with van der Waals surface area (Å²) in [7, 11) is 0. The molecule has 0 saturated carbocycles. The number of benzene rings is 2. The first-order valence-corrected chi connectivity index (χ1v) is 10.3. The van der Waals surface area contributed by atoms with Crippen molar-refractivity contribution in [3.63, 3.8) is 0 Å². The first-order chi connectivity index (χ1) is 15.0. The first-order valence-electron chi connectivity index (χ1n) is 9.93. The van der Waals surface area contributed by atoms with Crippen LogP contribution < -0.4 is 11.1 Å². The molecule has 0 amide bonds. The Balaban J connectivity index is 0.00000132. The minimum atomic E-state index is -0.276. The molecule has 1 aromatic heterocycles. The van der Waals surface area contributed by atoms with E-state index < -0.39 is 0 Å². The number of fused-ring (bicyclic) bond motifs is 1. The van der Waals surface area contributed by atoms with E-state index in [9.17, 15) is 10.4 Å². The van der Waals surface area contributed by atoms with Crippen LogP contribution in [0.15, 0.2) is 42.7 Å². The number of hydrogen-bond donors (Lipinski definition) is 4. The molecular formula is C23H23ClN6O. The van der Waals surface area contributed by atoms with Crippen molar-refractivity contribution >= 4 is 28.9 Å². The molecule has 8 heteroatoms. The highest BCUT2D eigenvalue weighted by molar-refractivity contribution is 6.33. The van der Waals surface area contributed by atoms with Crippen LogP contribution in [0.4, 0.5) is 11.6 Å². The number of nitrogen functional groups attached to an aromatic ring is 1. The lowest BCUT2D eigenvalue weighted by atomic mass is 10.0. The Morgan fingerprint density at radius 3 is 2.48 bits per heavy atom. The van der Waals surface area contributed by atoms with E-state index in [0.717, 1.165) is 12.8 Å². The molecular weight excluding hydrogens is 412 g/mol. The van der Waals surface area contributed by atoms with Crippen LogP contribution in [0.5, 0.6) is 5.75 Å². The van der Waals surface area contributed by atoms with Crippen LogP contribution in [-0.4, -0.2) is 26.8 Å². The quantitative estimate of drug-likeness (QED) is 0.452. The number of phenols is 1. The topological polar surface area (TPSA) is 132 Å². The minimum absolute atomic E-state index is 0.00965. The number of halogens is 1. The molecule has 2 aromatic carbocycles. The van der Waals surface area contributed by atoms with Gasteiger partial charge in [-0.25, -0.2) is 9.97 Å². The highest BCUT2D eigenvalue weighted by Crippen LogP contribution is 2.32. The molecule has 0 saturated heterocycles. The average Bonchev–Trinajstić information content (AvgIpc) is 3.19. The molecule has 0 radical (unpaired) electrons. The summed E-state index contributed by atoms with van der Waals surface area (Å²) in [4.78, 5) is 8.31. The monoisotopic (exact) mass is 434 g/mol. The zero-order valence-electron chi connectivity index (χ0n) is 17.3.